The topological polar surface area (TPSA) is 21.7 Å². The van der Waals surface area contributed by atoms with Crippen LogP contribution in [0.15, 0.2) is 0 Å². The second kappa shape index (κ2) is 6.58. The Morgan fingerprint density at radius 1 is 1.36 bits per heavy atom. The number of rotatable bonds is 6. The van der Waals surface area contributed by atoms with Gasteiger partial charge in [0.25, 0.3) is 0 Å². The molecule has 0 fully saturated rings. The molecule has 0 aliphatic heterocycles. The summed E-state index contributed by atoms with van der Waals surface area (Å²) >= 11 is 0. The van der Waals surface area contributed by atoms with Crippen LogP contribution in [-0.2, 0) is 9.47 Å². The van der Waals surface area contributed by atoms with Gasteiger partial charge >= 0.3 is 0 Å². The fourth-order valence-electron chi connectivity index (χ4n) is 0.902. The van der Waals surface area contributed by atoms with Crippen LogP contribution in [0.2, 0.25) is 0 Å². The Kier molecular flexibility index (Phi) is 6.51. The molecular formula is C8H19NO2. The summed E-state index contributed by atoms with van der Waals surface area (Å²) in [6, 6.07) is 0. The first-order valence-corrected chi connectivity index (χ1v) is 3.99. The Balaban J connectivity index is 3.51. The number of hydrogen-bond acceptors (Lipinski definition) is 3. The van der Waals surface area contributed by atoms with Crippen molar-refractivity contribution in [2.45, 2.75) is 19.6 Å². The molecule has 1 atom stereocenters. The summed E-state index contributed by atoms with van der Waals surface area (Å²) in [5.74, 6) is 0. The zero-order valence-corrected chi connectivity index (χ0v) is 7.96. The van der Waals surface area contributed by atoms with Crippen molar-refractivity contribution >= 4 is 0 Å². The van der Waals surface area contributed by atoms with Gasteiger partial charge in [0.15, 0.2) is 0 Å². The van der Waals surface area contributed by atoms with E-state index >= 15 is 0 Å². The third kappa shape index (κ3) is 5.18. The Morgan fingerprint density at radius 3 is 2.36 bits per heavy atom. The fourth-order valence-corrected chi connectivity index (χ4v) is 0.902. The number of methoxy groups -OCH3 is 1. The third-order valence-corrected chi connectivity index (χ3v) is 1.50. The normalized spacial score (nSPS) is 13.9. The van der Waals surface area contributed by atoms with Gasteiger partial charge in [-0.2, -0.15) is 0 Å². The molecule has 0 rings (SSSR count). The van der Waals surface area contributed by atoms with Crippen LogP contribution in [-0.4, -0.2) is 45.5 Å². The van der Waals surface area contributed by atoms with Crippen molar-refractivity contribution in [3.8, 4) is 0 Å². The van der Waals surface area contributed by atoms with Gasteiger partial charge < -0.3 is 9.47 Å². The smallest absolute Gasteiger partial charge is 0.112 e. The largest absolute Gasteiger partial charge is 0.385 e. The van der Waals surface area contributed by atoms with E-state index in [2.05, 4.69) is 4.90 Å². The van der Waals surface area contributed by atoms with Crippen LogP contribution in [0, 0.1) is 0 Å². The van der Waals surface area contributed by atoms with Crippen LogP contribution < -0.4 is 0 Å². The molecule has 0 amide bonds. The SMILES string of the molecule is CCOC(CCOC)N(C)C. The van der Waals surface area contributed by atoms with Crippen molar-refractivity contribution in [2.24, 2.45) is 0 Å². The molecule has 0 aliphatic carbocycles. The minimum absolute atomic E-state index is 0.194. The summed E-state index contributed by atoms with van der Waals surface area (Å²) in [5, 5.41) is 0. The maximum atomic E-state index is 5.45. The number of hydrogen-bond donors (Lipinski definition) is 0. The van der Waals surface area contributed by atoms with Gasteiger partial charge in [0.1, 0.15) is 6.23 Å². The molecule has 3 nitrogen and oxygen atoms in total. The van der Waals surface area contributed by atoms with Crippen molar-refractivity contribution in [3.05, 3.63) is 0 Å². The first-order valence-electron chi connectivity index (χ1n) is 3.99. The molecule has 0 saturated carbocycles. The molecule has 3 heteroatoms. The van der Waals surface area contributed by atoms with E-state index < -0.39 is 0 Å². The standard InChI is InChI=1S/C8H19NO2/c1-5-11-8(9(2)3)6-7-10-4/h8H,5-7H2,1-4H3. The Bertz CT molecular complexity index is 86.2. The second-order valence-corrected chi connectivity index (χ2v) is 2.66. The average Bonchev–Trinajstić information content (AvgIpc) is 1.97. The van der Waals surface area contributed by atoms with Gasteiger partial charge in [0.2, 0.25) is 0 Å². The highest BCUT2D eigenvalue weighted by Crippen LogP contribution is 2.01. The maximum absolute atomic E-state index is 5.45. The fraction of sp³-hybridized carbons (Fsp3) is 1.00. The van der Waals surface area contributed by atoms with E-state index in [0.717, 1.165) is 19.6 Å². The third-order valence-electron chi connectivity index (χ3n) is 1.50. The summed E-state index contributed by atoms with van der Waals surface area (Å²) in [6.07, 6.45) is 1.12. The molecule has 0 heterocycles. The molecule has 0 aromatic carbocycles. The van der Waals surface area contributed by atoms with Gasteiger partial charge in [-0.25, -0.2) is 0 Å². The average molecular weight is 161 g/mol. The summed E-state index contributed by atoms with van der Waals surface area (Å²) in [5.41, 5.74) is 0. The molecular weight excluding hydrogens is 142 g/mol. The molecule has 0 aliphatic rings. The molecule has 0 saturated heterocycles. The predicted octanol–water partition coefficient (Wildman–Crippen LogP) is 0.947. The molecule has 0 radical (unpaired) electrons. The van der Waals surface area contributed by atoms with E-state index in [-0.39, 0.29) is 6.23 Å². The summed E-state index contributed by atoms with van der Waals surface area (Å²) < 4.78 is 10.4. The molecule has 0 bridgehead atoms. The number of ether oxygens (including phenoxy) is 2. The van der Waals surface area contributed by atoms with Gasteiger partial charge in [0.05, 0.1) is 0 Å². The van der Waals surface area contributed by atoms with Crippen LogP contribution >= 0.6 is 0 Å². The lowest BCUT2D eigenvalue weighted by Gasteiger charge is -2.23. The Hall–Kier alpha value is -0.120. The van der Waals surface area contributed by atoms with Crippen molar-refractivity contribution in [1.82, 2.24) is 4.90 Å². The van der Waals surface area contributed by atoms with Crippen LogP contribution in [0.5, 0.6) is 0 Å². The van der Waals surface area contributed by atoms with Gasteiger partial charge in [-0.05, 0) is 21.0 Å². The predicted molar refractivity (Wildman–Crippen MR) is 45.6 cm³/mol. The van der Waals surface area contributed by atoms with Crippen molar-refractivity contribution < 1.29 is 9.47 Å². The van der Waals surface area contributed by atoms with Crippen LogP contribution in [0.25, 0.3) is 0 Å². The molecule has 0 aromatic heterocycles. The lowest BCUT2D eigenvalue weighted by atomic mass is 10.4. The molecule has 0 spiro atoms. The highest BCUT2D eigenvalue weighted by atomic mass is 16.5. The Labute approximate surface area is 69.3 Å². The van der Waals surface area contributed by atoms with Gasteiger partial charge in [0, 0.05) is 26.7 Å². The Morgan fingerprint density at radius 2 is 2.00 bits per heavy atom. The van der Waals surface area contributed by atoms with E-state index in [1.807, 2.05) is 21.0 Å². The van der Waals surface area contributed by atoms with E-state index in [9.17, 15) is 0 Å². The van der Waals surface area contributed by atoms with Crippen molar-refractivity contribution in [3.63, 3.8) is 0 Å². The minimum atomic E-state index is 0.194. The molecule has 1 unspecified atom stereocenters. The zero-order chi connectivity index (χ0) is 8.69. The van der Waals surface area contributed by atoms with Crippen LogP contribution in [0.4, 0.5) is 0 Å². The maximum Gasteiger partial charge on any atom is 0.112 e. The highest BCUT2D eigenvalue weighted by Gasteiger charge is 2.09. The van der Waals surface area contributed by atoms with Crippen molar-refractivity contribution in [1.29, 1.82) is 0 Å². The molecule has 0 N–H and O–H groups in total. The van der Waals surface area contributed by atoms with E-state index in [4.69, 9.17) is 9.47 Å². The van der Waals surface area contributed by atoms with Crippen LogP contribution in [0.1, 0.15) is 13.3 Å². The lowest BCUT2D eigenvalue weighted by Crippen LogP contribution is -2.31. The van der Waals surface area contributed by atoms with E-state index in [0.29, 0.717) is 0 Å². The highest BCUT2D eigenvalue weighted by molar-refractivity contribution is 4.52. The van der Waals surface area contributed by atoms with E-state index in [1.165, 1.54) is 0 Å². The van der Waals surface area contributed by atoms with Crippen LogP contribution in [0.3, 0.4) is 0 Å². The number of nitrogens with zero attached hydrogens (tertiary/aromatic N) is 1. The summed E-state index contributed by atoms with van der Waals surface area (Å²) in [7, 11) is 5.73. The van der Waals surface area contributed by atoms with Gasteiger partial charge in [-0.15, -0.1) is 0 Å². The van der Waals surface area contributed by atoms with Gasteiger partial charge in [-0.1, -0.05) is 0 Å². The molecule has 0 aromatic rings. The first kappa shape index (κ1) is 10.9. The minimum Gasteiger partial charge on any atom is -0.385 e. The lowest BCUT2D eigenvalue weighted by molar-refractivity contribution is -0.0461. The molecule has 68 valence electrons. The molecule has 11 heavy (non-hydrogen) atoms. The van der Waals surface area contributed by atoms with Crippen molar-refractivity contribution in [2.75, 3.05) is 34.4 Å². The monoisotopic (exact) mass is 161 g/mol. The second-order valence-electron chi connectivity index (χ2n) is 2.66. The van der Waals surface area contributed by atoms with E-state index in [1.54, 1.807) is 7.11 Å². The summed E-state index contributed by atoms with van der Waals surface area (Å²) in [6.45, 7) is 3.51. The first-order chi connectivity index (χ1) is 5.22. The van der Waals surface area contributed by atoms with Gasteiger partial charge in [-0.3, -0.25) is 4.90 Å². The summed E-state index contributed by atoms with van der Waals surface area (Å²) in [4.78, 5) is 2.06. The quantitative estimate of drug-likeness (QED) is 0.541. The zero-order valence-electron chi connectivity index (χ0n) is 7.96.